The van der Waals surface area contributed by atoms with Crippen molar-refractivity contribution < 1.29 is 18.8 Å². The third-order valence-corrected chi connectivity index (χ3v) is 4.81. The first-order valence-electron chi connectivity index (χ1n) is 7.86. The Labute approximate surface area is 138 Å². The molecule has 4 heterocycles. The number of ether oxygens (including phenoxy) is 1. The van der Waals surface area contributed by atoms with Crippen molar-refractivity contribution in [2.24, 2.45) is 0 Å². The lowest BCUT2D eigenvalue weighted by Gasteiger charge is -2.33. The molecule has 2 aromatic rings. The number of likely N-dealkylation sites (tertiary alicyclic amines) is 1. The van der Waals surface area contributed by atoms with Crippen LogP contribution in [0.5, 0.6) is 0 Å². The van der Waals surface area contributed by atoms with Crippen LogP contribution in [-0.4, -0.2) is 70.6 Å². The molecule has 2 amide bonds. The van der Waals surface area contributed by atoms with Gasteiger partial charge >= 0.3 is 0 Å². The van der Waals surface area contributed by atoms with Gasteiger partial charge in [-0.05, 0) is 19.9 Å². The monoisotopic (exact) mass is 330 g/mol. The fourth-order valence-electron chi connectivity index (χ4n) is 3.48. The molecule has 2 aromatic heterocycles. The van der Waals surface area contributed by atoms with Gasteiger partial charge in [-0.3, -0.25) is 9.59 Å². The molecule has 8 heteroatoms. The van der Waals surface area contributed by atoms with Crippen molar-refractivity contribution in [2.45, 2.75) is 26.0 Å². The SMILES string of the molecule is Cc1cc(C(=O)N2C[C@@H]3OCC(=O)N(C)[C@H]3C2)c2c(C)noc2n1. The molecular formula is C16H18N4O4. The first kappa shape index (κ1) is 15.1. The van der Waals surface area contributed by atoms with Gasteiger partial charge in [0.05, 0.1) is 28.8 Å². The van der Waals surface area contributed by atoms with Crippen molar-refractivity contribution in [3.8, 4) is 0 Å². The van der Waals surface area contributed by atoms with E-state index in [0.717, 1.165) is 0 Å². The van der Waals surface area contributed by atoms with E-state index in [1.807, 2.05) is 6.92 Å². The van der Waals surface area contributed by atoms with Crippen LogP contribution in [0.2, 0.25) is 0 Å². The lowest BCUT2D eigenvalue weighted by molar-refractivity contribution is -0.150. The Kier molecular flexibility index (Phi) is 3.31. The molecule has 2 saturated heterocycles. The predicted molar refractivity (Wildman–Crippen MR) is 83.5 cm³/mol. The highest BCUT2D eigenvalue weighted by Gasteiger charge is 2.43. The molecule has 4 rings (SSSR count). The zero-order chi connectivity index (χ0) is 17.0. The Bertz CT molecular complexity index is 846. The molecule has 0 unspecified atom stereocenters. The molecular weight excluding hydrogens is 312 g/mol. The summed E-state index contributed by atoms with van der Waals surface area (Å²) in [5, 5.41) is 4.56. The molecule has 2 aliphatic rings. The molecule has 0 aromatic carbocycles. The third-order valence-electron chi connectivity index (χ3n) is 4.81. The average Bonchev–Trinajstić information content (AvgIpc) is 3.14. The predicted octanol–water partition coefficient (Wildman–Crippen LogP) is 0.521. The van der Waals surface area contributed by atoms with Gasteiger partial charge in [0.1, 0.15) is 6.61 Å². The Hall–Kier alpha value is -2.48. The van der Waals surface area contributed by atoms with E-state index in [1.54, 1.807) is 29.8 Å². The first-order valence-corrected chi connectivity index (χ1v) is 7.86. The molecule has 0 bridgehead atoms. The number of carbonyl (C=O) groups is 2. The van der Waals surface area contributed by atoms with Crippen LogP contribution >= 0.6 is 0 Å². The van der Waals surface area contributed by atoms with Crippen LogP contribution in [0, 0.1) is 13.8 Å². The van der Waals surface area contributed by atoms with Gasteiger partial charge in [0.25, 0.3) is 11.6 Å². The lowest BCUT2D eigenvalue weighted by atomic mass is 10.1. The second kappa shape index (κ2) is 5.27. The minimum Gasteiger partial charge on any atom is -0.364 e. The van der Waals surface area contributed by atoms with Gasteiger partial charge in [0.2, 0.25) is 5.91 Å². The number of carbonyl (C=O) groups excluding carboxylic acids is 2. The summed E-state index contributed by atoms with van der Waals surface area (Å²) in [6.07, 6.45) is -0.140. The summed E-state index contributed by atoms with van der Waals surface area (Å²) in [4.78, 5) is 32.5. The summed E-state index contributed by atoms with van der Waals surface area (Å²) in [6.45, 7) is 4.60. The van der Waals surface area contributed by atoms with Crippen molar-refractivity contribution in [1.82, 2.24) is 19.9 Å². The maximum Gasteiger partial charge on any atom is 0.258 e. The summed E-state index contributed by atoms with van der Waals surface area (Å²) in [7, 11) is 1.76. The Balaban J connectivity index is 1.68. The second-order valence-electron chi connectivity index (χ2n) is 6.39. The molecule has 0 aliphatic carbocycles. The molecule has 0 spiro atoms. The Morgan fingerprint density at radius 1 is 1.33 bits per heavy atom. The van der Waals surface area contributed by atoms with Crippen molar-refractivity contribution >= 4 is 22.9 Å². The fourth-order valence-corrected chi connectivity index (χ4v) is 3.48. The van der Waals surface area contributed by atoms with E-state index >= 15 is 0 Å². The van der Waals surface area contributed by atoms with Gasteiger partial charge in [0, 0.05) is 25.8 Å². The number of amides is 2. The van der Waals surface area contributed by atoms with Crippen LogP contribution in [0.15, 0.2) is 10.6 Å². The molecule has 126 valence electrons. The number of pyridine rings is 1. The molecule has 2 atom stereocenters. The van der Waals surface area contributed by atoms with Crippen molar-refractivity contribution in [2.75, 3.05) is 26.7 Å². The molecule has 8 nitrogen and oxygen atoms in total. The highest BCUT2D eigenvalue weighted by atomic mass is 16.5. The van der Waals surface area contributed by atoms with Gasteiger partial charge in [-0.15, -0.1) is 0 Å². The maximum absolute atomic E-state index is 13.1. The topological polar surface area (TPSA) is 88.8 Å². The molecule has 0 saturated carbocycles. The van der Waals surface area contributed by atoms with Gasteiger partial charge in [-0.1, -0.05) is 5.16 Å². The van der Waals surface area contributed by atoms with Crippen LogP contribution in [0.25, 0.3) is 11.1 Å². The maximum atomic E-state index is 13.1. The van der Waals surface area contributed by atoms with Crippen LogP contribution in [0.3, 0.4) is 0 Å². The number of rotatable bonds is 1. The van der Waals surface area contributed by atoms with Gasteiger partial charge in [-0.25, -0.2) is 4.98 Å². The normalized spacial score (nSPS) is 23.9. The minimum atomic E-state index is -0.140. The molecule has 2 aliphatic heterocycles. The third kappa shape index (κ3) is 2.17. The second-order valence-corrected chi connectivity index (χ2v) is 6.39. The molecule has 2 fully saturated rings. The summed E-state index contributed by atoms with van der Waals surface area (Å²) < 4.78 is 10.8. The standard InChI is InChI=1S/C16H18N4O4/c1-8-4-10(14-9(2)18-24-15(14)17-8)16(22)20-5-11-12(6-20)23-7-13(21)19(11)3/h4,11-12H,5-7H2,1-3H3/t11-,12-/m0/s1. The van der Waals surface area contributed by atoms with Crippen LogP contribution in [0.1, 0.15) is 21.7 Å². The van der Waals surface area contributed by atoms with E-state index in [1.165, 1.54) is 0 Å². The van der Waals surface area contributed by atoms with E-state index in [-0.39, 0.29) is 30.6 Å². The lowest BCUT2D eigenvalue weighted by Crippen LogP contribution is -2.51. The van der Waals surface area contributed by atoms with Crippen molar-refractivity contribution in [3.63, 3.8) is 0 Å². The largest absolute Gasteiger partial charge is 0.364 e. The number of fused-ring (bicyclic) bond motifs is 2. The summed E-state index contributed by atoms with van der Waals surface area (Å²) in [5.74, 6) is -0.168. The first-order chi connectivity index (χ1) is 11.5. The molecule has 0 radical (unpaired) electrons. The van der Waals surface area contributed by atoms with Gasteiger partial charge < -0.3 is 19.1 Å². The minimum absolute atomic E-state index is 0.0532. The van der Waals surface area contributed by atoms with Gasteiger partial charge in [0.15, 0.2) is 0 Å². The number of likely N-dealkylation sites (N-methyl/N-ethyl adjacent to an activating group) is 1. The smallest absolute Gasteiger partial charge is 0.258 e. The summed E-state index contributed by atoms with van der Waals surface area (Å²) in [6, 6.07) is 1.66. The highest BCUT2D eigenvalue weighted by Crippen LogP contribution is 2.27. The van der Waals surface area contributed by atoms with Crippen molar-refractivity contribution in [3.05, 3.63) is 23.0 Å². The zero-order valence-electron chi connectivity index (χ0n) is 13.8. The molecule has 24 heavy (non-hydrogen) atoms. The van der Waals surface area contributed by atoms with Gasteiger partial charge in [-0.2, -0.15) is 0 Å². The zero-order valence-corrected chi connectivity index (χ0v) is 13.8. The van der Waals surface area contributed by atoms with E-state index in [2.05, 4.69) is 10.1 Å². The molecule has 0 N–H and O–H groups in total. The summed E-state index contributed by atoms with van der Waals surface area (Å²) >= 11 is 0. The van der Waals surface area contributed by atoms with Crippen molar-refractivity contribution in [1.29, 1.82) is 0 Å². The number of aromatic nitrogens is 2. The summed E-state index contributed by atoms with van der Waals surface area (Å²) in [5.41, 5.74) is 2.24. The van der Waals surface area contributed by atoms with E-state index < -0.39 is 0 Å². The quantitative estimate of drug-likeness (QED) is 0.757. The van der Waals surface area contributed by atoms with Crippen LogP contribution < -0.4 is 0 Å². The number of hydrogen-bond donors (Lipinski definition) is 0. The van der Waals surface area contributed by atoms with E-state index in [9.17, 15) is 9.59 Å². The number of morpholine rings is 1. The number of hydrogen-bond acceptors (Lipinski definition) is 6. The number of nitrogens with zero attached hydrogens (tertiary/aromatic N) is 4. The van der Waals surface area contributed by atoms with Crippen LogP contribution in [0.4, 0.5) is 0 Å². The number of aryl methyl sites for hydroxylation is 2. The Morgan fingerprint density at radius 2 is 2.12 bits per heavy atom. The Morgan fingerprint density at radius 3 is 2.92 bits per heavy atom. The average molecular weight is 330 g/mol. The van der Waals surface area contributed by atoms with E-state index in [4.69, 9.17) is 9.26 Å². The van der Waals surface area contributed by atoms with E-state index in [0.29, 0.717) is 41.1 Å². The highest BCUT2D eigenvalue weighted by molar-refractivity contribution is 6.06. The fraction of sp³-hybridized carbons (Fsp3) is 0.500. The van der Waals surface area contributed by atoms with Crippen LogP contribution in [-0.2, 0) is 9.53 Å².